The van der Waals surface area contributed by atoms with Crippen molar-refractivity contribution in [1.82, 2.24) is 14.8 Å². The second-order valence-electron chi connectivity index (χ2n) is 8.00. The first kappa shape index (κ1) is 18.4. The van der Waals surface area contributed by atoms with E-state index in [9.17, 15) is 0 Å². The Kier molecular flexibility index (Phi) is 5.64. The van der Waals surface area contributed by atoms with Gasteiger partial charge in [0.15, 0.2) is 11.6 Å². The van der Waals surface area contributed by atoms with Crippen LogP contribution in [0.4, 0.5) is 0 Å². The Bertz CT molecular complexity index is 759. The largest absolute Gasteiger partial charge is 0.381 e. The molecule has 140 valence electrons. The van der Waals surface area contributed by atoms with Crippen molar-refractivity contribution < 1.29 is 4.74 Å². The summed E-state index contributed by atoms with van der Waals surface area (Å²) in [6.45, 7) is 6.21. The Hall–Kier alpha value is -0.950. The Balaban J connectivity index is 1.74. The molecule has 2 heterocycles. The summed E-state index contributed by atoms with van der Waals surface area (Å²) in [5.74, 6) is 3.38. The first-order chi connectivity index (χ1) is 12.6. The van der Waals surface area contributed by atoms with Gasteiger partial charge in [0.05, 0.1) is 6.04 Å². The SMILES string of the molecule is Cc1ccc(I)cc1-c1nc(C2CCOCC2)nn1C1CCC(C)CC1. The number of halogens is 1. The highest BCUT2D eigenvalue weighted by Gasteiger charge is 2.28. The van der Waals surface area contributed by atoms with Crippen LogP contribution in [0.3, 0.4) is 0 Å². The van der Waals surface area contributed by atoms with Gasteiger partial charge in [0.1, 0.15) is 0 Å². The van der Waals surface area contributed by atoms with Gasteiger partial charge in [-0.25, -0.2) is 9.67 Å². The maximum absolute atomic E-state index is 5.54. The van der Waals surface area contributed by atoms with Crippen LogP contribution >= 0.6 is 22.6 Å². The predicted octanol–water partition coefficient (Wildman–Crippen LogP) is 5.50. The van der Waals surface area contributed by atoms with Crippen molar-refractivity contribution in [2.24, 2.45) is 5.92 Å². The first-order valence-corrected chi connectivity index (χ1v) is 11.0. The predicted molar refractivity (Wildman–Crippen MR) is 112 cm³/mol. The number of ether oxygens (including phenoxy) is 1. The monoisotopic (exact) mass is 465 g/mol. The van der Waals surface area contributed by atoms with Crippen LogP contribution in [-0.2, 0) is 4.74 Å². The zero-order valence-electron chi connectivity index (χ0n) is 15.7. The first-order valence-electron chi connectivity index (χ1n) is 9.92. The number of benzene rings is 1. The van der Waals surface area contributed by atoms with Gasteiger partial charge in [-0.15, -0.1) is 0 Å². The average Bonchev–Trinajstić information content (AvgIpc) is 3.10. The van der Waals surface area contributed by atoms with Crippen molar-refractivity contribution in [3.05, 3.63) is 33.2 Å². The van der Waals surface area contributed by atoms with E-state index in [0.29, 0.717) is 12.0 Å². The Morgan fingerprint density at radius 1 is 1.08 bits per heavy atom. The summed E-state index contributed by atoms with van der Waals surface area (Å²) in [5.41, 5.74) is 2.52. The summed E-state index contributed by atoms with van der Waals surface area (Å²) in [7, 11) is 0. The molecular formula is C21H28IN3O. The third-order valence-electron chi connectivity index (χ3n) is 6.01. The third-order valence-corrected chi connectivity index (χ3v) is 6.68. The van der Waals surface area contributed by atoms with Crippen molar-refractivity contribution in [1.29, 1.82) is 0 Å². The molecule has 0 amide bonds. The second kappa shape index (κ2) is 7.97. The quantitative estimate of drug-likeness (QED) is 0.562. The number of aromatic nitrogens is 3. The highest BCUT2D eigenvalue weighted by atomic mass is 127. The minimum Gasteiger partial charge on any atom is -0.381 e. The lowest BCUT2D eigenvalue weighted by atomic mass is 9.87. The van der Waals surface area contributed by atoms with Crippen molar-refractivity contribution in [3.8, 4) is 11.4 Å². The van der Waals surface area contributed by atoms with E-state index in [0.717, 1.165) is 43.6 Å². The van der Waals surface area contributed by atoms with Crippen LogP contribution in [0.15, 0.2) is 18.2 Å². The number of nitrogens with zero attached hydrogens (tertiary/aromatic N) is 3. The van der Waals surface area contributed by atoms with Crippen molar-refractivity contribution >= 4 is 22.6 Å². The van der Waals surface area contributed by atoms with E-state index in [2.05, 4.69) is 59.3 Å². The lowest BCUT2D eigenvalue weighted by Gasteiger charge is -2.27. The molecule has 0 N–H and O–H groups in total. The molecule has 1 saturated heterocycles. The highest BCUT2D eigenvalue weighted by molar-refractivity contribution is 14.1. The maximum Gasteiger partial charge on any atom is 0.158 e. The molecule has 1 aromatic heterocycles. The molecule has 0 spiro atoms. The molecule has 0 atom stereocenters. The fourth-order valence-electron chi connectivity index (χ4n) is 4.23. The lowest BCUT2D eigenvalue weighted by Crippen LogP contribution is -2.19. The summed E-state index contributed by atoms with van der Waals surface area (Å²) in [5, 5.41) is 5.08. The minimum atomic E-state index is 0.439. The van der Waals surface area contributed by atoms with E-state index in [-0.39, 0.29) is 0 Å². The van der Waals surface area contributed by atoms with E-state index in [1.165, 1.54) is 40.4 Å². The van der Waals surface area contributed by atoms with Crippen LogP contribution in [0.2, 0.25) is 0 Å². The molecule has 1 aliphatic carbocycles. The standard InChI is InChI=1S/C21H28IN3O/c1-14-3-7-18(8-4-14)25-21(19-13-17(22)6-5-15(19)2)23-20(24-25)16-9-11-26-12-10-16/h5-6,13-14,16,18H,3-4,7-12H2,1-2H3. The third kappa shape index (κ3) is 3.84. The molecule has 5 heteroatoms. The number of aryl methyl sites for hydroxylation is 1. The van der Waals surface area contributed by atoms with Crippen LogP contribution in [0.1, 0.15) is 68.8 Å². The smallest absolute Gasteiger partial charge is 0.158 e. The van der Waals surface area contributed by atoms with E-state index in [4.69, 9.17) is 14.8 Å². The summed E-state index contributed by atoms with van der Waals surface area (Å²) in [4.78, 5) is 5.09. The normalized spacial score (nSPS) is 24.7. The molecule has 2 aromatic rings. The summed E-state index contributed by atoms with van der Waals surface area (Å²) in [6.07, 6.45) is 7.10. The van der Waals surface area contributed by atoms with Crippen LogP contribution in [0.5, 0.6) is 0 Å². The summed E-state index contributed by atoms with van der Waals surface area (Å²) in [6, 6.07) is 7.12. The molecule has 4 rings (SSSR count). The molecule has 0 unspecified atom stereocenters. The zero-order valence-corrected chi connectivity index (χ0v) is 17.9. The summed E-state index contributed by atoms with van der Waals surface area (Å²) >= 11 is 2.39. The molecular weight excluding hydrogens is 437 g/mol. The Labute approximate surface area is 169 Å². The minimum absolute atomic E-state index is 0.439. The van der Waals surface area contributed by atoms with Gasteiger partial charge in [-0.05, 0) is 91.7 Å². The van der Waals surface area contributed by atoms with Gasteiger partial charge in [-0.3, -0.25) is 0 Å². The number of hydrogen-bond acceptors (Lipinski definition) is 3. The average molecular weight is 465 g/mol. The van der Waals surface area contributed by atoms with E-state index in [1.54, 1.807) is 0 Å². The van der Waals surface area contributed by atoms with Gasteiger partial charge in [0, 0.05) is 28.3 Å². The van der Waals surface area contributed by atoms with Gasteiger partial charge in [0.2, 0.25) is 0 Å². The maximum atomic E-state index is 5.54. The van der Waals surface area contributed by atoms with Gasteiger partial charge in [0.25, 0.3) is 0 Å². The van der Waals surface area contributed by atoms with Crippen molar-refractivity contribution in [2.75, 3.05) is 13.2 Å². The van der Waals surface area contributed by atoms with Gasteiger partial charge in [-0.1, -0.05) is 13.0 Å². The molecule has 0 bridgehead atoms. The fraction of sp³-hybridized carbons (Fsp3) is 0.619. The number of rotatable bonds is 3. The molecule has 1 aliphatic heterocycles. The van der Waals surface area contributed by atoms with Crippen LogP contribution in [-0.4, -0.2) is 28.0 Å². The Morgan fingerprint density at radius 3 is 2.54 bits per heavy atom. The van der Waals surface area contributed by atoms with Crippen LogP contribution in [0, 0.1) is 16.4 Å². The van der Waals surface area contributed by atoms with Crippen molar-refractivity contribution in [2.45, 2.75) is 64.3 Å². The molecule has 1 aromatic carbocycles. The van der Waals surface area contributed by atoms with Gasteiger partial charge >= 0.3 is 0 Å². The topological polar surface area (TPSA) is 39.9 Å². The molecule has 26 heavy (non-hydrogen) atoms. The van der Waals surface area contributed by atoms with Gasteiger partial charge < -0.3 is 4.74 Å². The molecule has 4 nitrogen and oxygen atoms in total. The van der Waals surface area contributed by atoms with Crippen LogP contribution in [0.25, 0.3) is 11.4 Å². The zero-order chi connectivity index (χ0) is 18.1. The molecule has 0 radical (unpaired) electrons. The molecule has 2 fully saturated rings. The van der Waals surface area contributed by atoms with Crippen LogP contribution < -0.4 is 0 Å². The second-order valence-corrected chi connectivity index (χ2v) is 9.24. The van der Waals surface area contributed by atoms with E-state index in [1.807, 2.05) is 0 Å². The highest BCUT2D eigenvalue weighted by Crippen LogP contribution is 2.36. The fourth-order valence-corrected chi connectivity index (χ4v) is 4.72. The van der Waals surface area contributed by atoms with E-state index >= 15 is 0 Å². The van der Waals surface area contributed by atoms with Crippen molar-refractivity contribution in [3.63, 3.8) is 0 Å². The molecule has 2 aliphatic rings. The Morgan fingerprint density at radius 2 is 1.81 bits per heavy atom. The summed E-state index contributed by atoms with van der Waals surface area (Å²) < 4.78 is 9.07. The van der Waals surface area contributed by atoms with Gasteiger partial charge in [-0.2, -0.15) is 5.10 Å². The lowest BCUT2D eigenvalue weighted by molar-refractivity contribution is 0.0834. The molecule has 1 saturated carbocycles. The number of hydrogen-bond donors (Lipinski definition) is 0. The van der Waals surface area contributed by atoms with E-state index < -0.39 is 0 Å².